The highest BCUT2D eigenvalue weighted by atomic mass is 16.5. The molecule has 0 saturated carbocycles. The van der Waals surface area contributed by atoms with Crippen LogP contribution in [0.4, 0.5) is 0 Å². The second-order valence-corrected chi connectivity index (χ2v) is 6.73. The van der Waals surface area contributed by atoms with Gasteiger partial charge in [0.1, 0.15) is 0 Å². The number of rotatable bonds is 13. The second kappa shape index (κ2) is 13.9. The number of benzene rings is 1. The number of guanidine groups is 1. The molecule has 0 saturated heterocycles. The van der Waals surface area contributed by atoms with Crippen LogP contribution in [0.3, 0.4) is 0 Å². The van der Waals surface area contributed by atoms with Gasteiger partial charge in [0, 0.05) is 25.3 Å². The van der Waals surface area contributed by atoms with Crippen LogP contribution in [-0.4, -0.2) is 60.1 Å². The largest absolute Gasteiger partial charge is 0.493 e. The van der Waals surface area contributed by atoms with Crippen molar-refractivity contribution in [3.63, 3.8) is 0 Å². The van der Waals surface area contributed by atoms with Crippen molar-refractivity contribution in [1.82, 2.24) is 10.6 Å². The fraction of sp³-hybridized carbons (Fsp3) is 0.667. The third-order valence-corrected chi connectivity index (χ3v) is 4.16. The monoisotopic (exact) mass is 395 g/mol. The standard InChI is InChI=1S/C21H37N3O4/c1-7-22-21(24-13-15-28-14-11-16(2)3)23-12-10-17-8-9-18(25-4)20(27-6)19(17)26-5/h8-9,16H,7,10-15H2,1-6H3,(H2,22,23,24). The van der Waals surface area contributed by atoms with Crippen molar-refractivity contribution in [1.29, 1.82) is 0 Å². The van der Waals surface area contributed by atoms with Gasteiger partial charge in [-0.15, -0.1) is 0 Å². The number of nitrogens with one attached hydrogen (secondary N) is 2. The first kappa shape index (κ1) is 23.9. The molecule has 1 aromatic rings. The summed E-state index contributed by atoms with van der Waals surface area (Å²) in [6.07, 6.45) is 1.84. The summed E-state index contributed by atoms with van der Waals surface area (Å²) in [7, 11) is 4.87. The molecule has 0 unspecified atom stereocenters. The lowest BCUT2D eigenvalue weighted by Crippen LogP contribution is -2.38. The van der Waals surface area contributed by atoms with Crippen LogP contribution in [0.15, 0.2) is 17.1 Å². The van der Waals surface area contributed by atoms with Crippen molar-refractivity contribution in [2.24, 2.45) is 10.9 Å². The van der Waals surface area contributed by atoms with Crippen molar-refractivity contribution < 1.29 is 18.9 Å². The molecule has 2 N–H and O–H groups in total. The molecule has 28 heavy (non-hydrogen) atoms. The lowest BCUT2D eigenvalue weighted by atomic mass is 10.1. The molecule has 160 valence electrons. The molecule has 7 nitrogen and oxygen atoms in total. The van der Waals surface area contributed by atoms with Crippen LogP contribution in [0.2, 0.25) is 0 Å². The smallest absolute Gasteiger partial charge is 0.203 e. The van der Waals surface area contributed by atoms with E-state index in [1.807, 2.05) is 19.1 Å². The average molecular weight is 396 g/mol. The molecule has 7 heteroatoms. The van der Waals surface area contributed by atoms with Gasteiger partial charge in [0.15, 0.2) is 17.5 Å². The molecule has 0 heterocycles. The van der Waals surface area contributed by atoms with E-state index in [2.05, 4.69) is 29.5 Å². The molecular weight excluding hydrogens is 358 g/mol. The topological polar surface area (TPSA) is 73.3 Å². The van der Waals surface area contributed by atoms with Gasteiger partial charge in [-0.25, -0.2) is 0 Å². The zero-order chi connectivity index (χ0) is 20.8. The van der Waals surface area contributed by atoms with Gasteiger partial charge in [0.25, 0.3) is 0 Å². The van der Waals surface area contributed by atoms with E-state index in [0.717, 1.165) is 37.5 Å². The number of hydrogen-bond donors (Lipinski definition) is 2. The number of ether oxygens (including phenoxy) is 4. The Labute approximate surface area is 169 Å². The Morgan fingerprint density at radius 2 is 1.75 bits per heavy atom. The van der Waals surface area contributed by atoms with Gasteiger partial charge in [-0.1, -0.05) is 19.9 Å². The van der Waals surface area contributed by atoms with Crippen LogP contribution in [-0.2, 0) is 11.2 Å². The maximum atomic E-state index is 5.62. The Balaban J connectivity index is 2.57. The van der Waals surface area contributed by atoms with E-state index >= 15 is 0 Å². The molecule has 0 bridgehead atoms. The van der Waals surface area contributed by atoms with E-state index < -0.39 is 0 Å². The molecule has 1 rings (SSSR count). The Morgan fingerprint density at radius 1 is 1.00 bits per heavy atom. The molecular formula is C21H37N3O4. The van der Waals surface area contributed by atoms with Gasteiger partial charge >= 0.3 is 0 Å². The SMILES string of the molecule is CCNC(=NCCOCCC(C)C)NCCc1ccc(OC)c(OC)c1OC. The molecule has 0 spiro atoms. The first-order valence-corrected chi connectivity index (χ1v) is 9.95. The van der Waals surface area contributed by atoms with Gasteiger partial charge < -0.3 is 29.6 Å². The van der Waals surface area contributed by atoms with Crippen molar-refractivity contribution in [2.45, 2.75) is 33.6 Å². The lowest BCUT2D eigenvalue weighted by molar-refractivity contribution is 0.130. The first-order valence-electron chi connectivity index (χ1n) is 9.95. The third-order valence-electron chi connectivity index (χ3n) is 4.16. The predicted octanol–water partition coefficient (Wildman–Crippen LogP) is 2.87. The summed E-state index contributed by atoms with van der Waals surface area (Å²) in [5, 5.41) is 6.61. The minimum absolute atomic E-state index is 0.613. The Bertz CT molecular complexity index is 591. The van der Waals surface area contributed by atoms with Gasteiger partial charge in [-0.2, -0.15) is 0 Å². The number of methoxy groups -OCH3 is 3. The minimum atomic E-state index is 0.613. The summed E-state index contributed by atoms with van der Waals surface area (Å²) in [5.41, 5.74) is 1.04. The fourth-order valence-electron chi connectivity index (χ4n) is 2.66. The average Bonchev–Trinajstić information content (AvgIpc) is 2.69. The van der Waals surface area contributed by atoms with E-state index in [9.17, 15) is 0 Å². The third kappa shape index (κ3) is 8.25. The zero-order valence-electron chi connectivity index (χ0n) is 18.3. The molecule has 0 fully saturated rings. The van der Waals surface area contributed by atoms with E-state index in [-0.39, 0.29) is 0 Å². The number of nitrogens with zero attached hydrogens (tertiary/aromatic N) is 1. The quantitative estimate of drug-likeness (QED) is 0.304. The van der Waals surface area contributed by atoms with Crippen LogP contribution in [0.5, 0.6) is 17.2 Å². The number of aliphatic imine (C=N–C) groups is 1. The van der Waals surface area contributed by atoms with Crippen LogP contribution in [0.1, 0.15) is 32.8 Å². The van der Waals surface area contributed by atoms with Crippen molar-refractivity contribution >= 4 is 5.96 Å². The van der Waals surface area contributed by atoms with Gasteiger partial charge in [0.05, 0.1) is 34.5 Å². The van der Waals surface area contributed by atoms with Crippen molar-refractivity contribution in [3.05, 3.63) is 17.7 Å². The summed E-state index contributed by atoms with van der Waals surface area (Å²) < 4.78 is 21.9. The van der Waals surface area contributed by atoms with Gasteiger partial charge in [-0.05, 0) is 31.7 Å². The van der Waals surface area contributed by atoms with Crippen LogP contribution < -0.4 is 24.8 Å². The van der Waals surface area contributed by atoms with E-state index in [1.54, 1.807) is 21.3 Å². The molecule has 0 radical (unpaired) electrons. The Morgan fingerprint density at radius 3 is 2.36 bits per heavy atom. The van der Waals surface area contributed by atoms with Gasteiger partial charge in [-0.3, -0.25) is 4.99 Å². The van der Waals surface area contributed by atoms with Crippen LogP contribution >= 0.6 is 0 Å². The molecule has 0 aromatic heterocycles. The predicted molar refractivity (Wildman–Crippen MR) is 114 cm³/mol. The Hall–Kier alpha value is -2.15. The zero-order valence-corrected chi connectivity index (χ0v) is 18.3. The van der Waals surface area contributed by atoms with Crippen molar-refractivity contribution in [3.8, 4) is 17.2 Å². The summed E-state index contributed by atoms with van der Waals surface area (Å²) in [6, 6.07) is 3.89. The van der Waals surface area contributed by atoms with E-state index in [0.29, 0.717) is 42.9 Å². The van der Waals surface area contributed by atoms with Crippen LogP contribution in [0.25, 0.3) is 0 Å². The lowest BCUT2D eigenvalue weighted by Gasteiger charge is -2.16. The summed E-state index contributed by atoms with van der Waals surface area (Å²) >= 11 is 0. The minimum Gasteiger partial charge on any atom is -0.493 e. The molecule has 1 aromatic carbocycles. The highest BCUT2D eigenvalue weighted by Crippen LogP contribution is 2.39. The van der Waals surface area contributed by atoms with Crippen molar-refractivity contribution in [2.75, 3.05) is 54.2 Å². The summed E-state index contributed by atoms with van der Waals surface area (Å²) in [5.74, 6) is 3.42. The number of hydrogen-bond acceptors (Lipinski definition) is 5. The first-order chi connectivity index (χ1) is 13.6. The normalized spacial score (nSPS) is 11.5. The van der Waals surface area contributed by atoms with E-state index in [4.69, 9.17) is 18.9 Å². The van der Waals surface area contributed by atoms with E-state index in [1.165, 1.54) is 0 Å². The molecule has 0 aliphatic rings. The summed E-state index contributed by atoms with van der Waals surface area (Å²) in [6.45, 7) is 10.0. The summed E-state index contributed by atoms with van der Waals surface area (Å²) in [4.78, 5) is 4.56. The maximum absolute atomic E-state index is 5.62. The highest BCUT2D eigenvalue weighted by molar-refractivity contribution is 5.79. The molecule has 0 atom stereocenters. The molecule has 0 amide bonds. The molecule has 0 aliphatic heterocycles. The van der Waals surface area contributed by atoms with Gasteiger partial charge in [0.2, 0.25) is 5.75 Å². The maximum Gasteiger partial charge on any atom is 0.203 e. The fourth-order valence-corrected chi connectivity index (χ4v) is 2.66. The highest BCUT2D eigenvalue weighted by Gasteiger charge is 2.15. The molecule has 0 aliphatic carbocycles. The Kier molecular flexibility index (Phi) is 11.9. The second-order valence-electron chi connectivity index (χ2n) is 6.73. The van der Waals surface area contributed by atoms with Crippen LogP contribution in [0, 0.1) is 5.92 Å².